The van der Waals surface area contributed by atoms with Gasteiger partial charge in [0, 0.05) is 24.7 Å². The highest BCUT2D eigenvalue weighted by Crippen LogP contribution is 2.33. The number of amides is 1. The lowest BCUT2D eigenvalue weighted by Gasteiger charge is -2.16. The molecule has 3 heterocycles. The first-order valence-electron chi connectivity index (χ1n) is 9.51. The van der Waals surface area contributed by atoms with E-state index in [9.17, 15) is 9.18 Å². The van der Waals surface area contributed by atoms with Crippen LogP contribution in [0.5, 0.6) is 0 Å². The maximum absolute atomic E-state index is 14.2. The van der Waals surface area contributed by atoms with E-state index >= 15 is 0 Å². The summed E-state index contributed by atoms with van der Waals surface area (Å²) in [6.07, 6.45) is 5.11. The quantitative estimate of drug-likeness (QED) is 0.558. The minimum atomic E-state index is -0.378. The zero-order valence-electron chi connectivity index (χ0n) is 15.7. The van der Waals surface area contributed by atoms with Crippen LogP contribution in [0.4, 0.5) is 9.18 Å². The van der Waals surface area contributed by atoms with Gasteiger partial charge in [0.25, 0.3) is 0 Å². The minimum absolute atomic E-state index is 0.0370. The number of nitrogens with one attached hydrogen (secondary N) is 2. The number of aliphatic imine (C=N–C) groups is 1. The molecule has 1 aliphatic carbocycles. The number of aryl methyl sites for hydroxylation is 1. The fraction of sp³-hybridized carbons (Fsp3) is 0.526. The third kappa shape index (κ3) is 3.84. The molecule has 0 saturated carbocycles. The van der Waals surface area contributed by atoms with Gasteiger partial charge in [-0.2, -0.15) is 0 Å². The van der Waals surface area contributed by atoms with Crippen LogP contribution in [0.2, 0.25) is 5.15 Å². The number of fused-ring (bicyclic) bond motifs is 1. The molecular formula is C19H23ClFN5O2. The van der Waals surface area contributed by atoms with Crippen LogP contribution >= 0.6 is 11.6 Å². The maximum Gasteiger partial charge on any atom is 0.415 e. The molecule has 1 fully saturated rings. The molecule has 0 radical (unpaired) electrons. The molecule has 2 aliphatic heterocycles. The molecule has 4 rings (SSSR count). The molecule has 0 aromatic carbocycles. The number of carbonyl (C=O) groups is 1. The highest BCUT2D eigenvalue weighted by atomic mass is 35.5. The van der Waals surface area contributed by atoms with E-state index in [1.54, 1.807) is 17.3 Å². The molecule has 1 amide bonds. The predicted molar refractivity (Wildman–Crippen MR) is 104 cm³/mol. The highest BCUT2D eigenvalue weighted by molar-refractivity contribution is 6.29. The van der Waals surface area contributed by atoms with Crippen LogP contribution in [-0.2, 0) is 17.6 Å². The van der Waals surface area contributed by atoms with Gasteiger partial charge in [-0.15, -0.1) is 0 Å². The largest absolute Gasteiger partial charge is 0.444 e. The van der Waals surface area contributed by atoms with Crippen molar-refractivity contribution in [2.24, 2.45) is 10.9 Å². The second kappa shape index (κ2) is 8.05. The van der Waals surface area contributed by atoms with Gasteiger partial charge in [0.15, 0.2) is 16.8 Å². The summed E-state index contributed by atoms with van der Waals surface area (Å²) in [6.45, 7) is 4.53. The van der Waals surface area contributed by atoms with Crippen molar-refractivity contribution < 1.29 is 13.9 Å². The Labute approximate surface area is 168 Å². The van der Waals surface area contributed by atoms with E-state index in [4.69, 9.17) is 16.3 Å². The Morgan fingerprint density at radius 3 is 3.04 bits per heavy atom. The molecule has 1 saturated heterocycles. The number of rotatable bonds is 6. The van der Waals surface area contributed by atoms with Crippen molar-refractivity contribution in [2.45, 2.75) is 32.3 Å². The number of pyridine rings is 1. The van der Waals surface area contributed by atoms with E-state index in [-0.39, 0.29) is 23.2 Å². The molecule has 3 aliphatic rings. The average molecular weight is 408 g/mol. The summed E-state index contributed by atoms with van der Waals surface area (Å²) >= 11 is 5.86. The lowest BCUT2D eigenvalue weighted by atomic mass is 10.1. The molecule has 150 valence electrons. The molecule has 0 bridgehead atoms. The van der Waals surface area contributed by atoms with Crippen molar-refractivity contribution in [1.29, 1.82) is 0 Å². The van der Waals surface area contributed by atoms with E-state index in [1.807, 2.05) is 6.92 Å². The zero-order valence-corrected chi connectivity index (χ0v) is 16.4. The molecule has 2 unspecified atom stereocenters. The van der Waals surface area contributed by atoms with Crippen molar-refractivity contribution in [3.05, 3.63) is 39.8 Å². The van der Waals surface area contributed by atoms with Crippen molar-refractivity contribution in [3.63, 3.8) is 0 Å². The fourth-order valence-corrected chi connectivity index (χ4v) is 4.21. The first-order chi connectivity index (χ1) is 13.5. The second-order valence-electron chi connectivity index (χ2n) is 7.37. The van der Waals surface area contributed by atoms with Crippen LogP contribution in [0.25, 0.3) is 0 Å². The monoisotopic (exact) mass is 407 g/mol. The van der Waals surface area contributed by atoms with Crippen LogP contribution in [-0.4, -0.2) is 54.5 Å². The predicted octanol–water partition coefficient (Wildman–Crippen LogP) is 2.17. The molecule has 1 aromatic heterocycles. The molecular weight excluding hydrogens is 385 g/mol. The average Bonchev–Trinajstić information content (AvgIpc) is 3.28. The van der Waals surface area contributed by atoms with Gasteiger partial charge in [0.05, 0.1) is 6.54 Å². The summed E-state index contributed by atoms with van der Waals surface area (Å²) in [7, 11) is 0. The summed E-state index contributed by atoms with van der Waals surface area (Å²) in [4.78, 5) is 21.9. The summed E-state index contributed by atoms with van der Waals surface area (Å²) in [5, 5.41) is 6.41. The SMILES string of the molecule is Cc1nc(Cl)c(F)c2c1CC(CNCCC1CN(C3=CNCC=N3)C(=O)O1)C2. The van der Waals surface area contributed by atoms with Crippen LogP contribution in [0, 0.1) is 18.7 Å². The number of aromatic nitrogens is 1. The Balaban J connectivity index is 1.22. The standard InChI is InChI=1S/C19H23ClFN5O2/c1-11-14-6-12(7-15(14)17(21)18(20)25-11)8-22-3-2-13-10-26(19(27)28-13)16-9-23-4-5-24-16/h5,9,12-13,22-23H,2-4,6-8,10H2,1H3. The third-order valence-corrected chi connectivity index (χ3v) is 5.64. The van der Waals surface area contributed by atoms with Gasteiger partial charge >= 0.3 is 6.09 Å². The van der Waals surface area contributed by atoms with E-state index in [1.165, 1.54) is 0 Å². The summed E-state index contributed by atoms with van der Waals surface area (Å²) in [5.41, 5.74) is 2.51. The Bertz CT molecular complexity index is 844. The molecule has 1 aromatic rings. The second-order valence-corrected chi connectivity index (χ2v) is 7.72. The highest BCUT2D eigenvalue weighted by Gasteiger charge is 2.34. The number of halogens is 2. The van der Waals surface area contributed by atoms with Crippen molar-refractivity contribution >= 4 is 23.9 Å². The number of carbonyl (C=O) groups excluding carboxylic acids is 1. The number of hydrogen-bond acceptors (Lipinski definition) is 6. The lowest BCUT2D eigenvalue weighted by molar-refractivity contribution is 0.130. The zero-order chi connectivity index (χ0) is 19.7. The van der Waals surface area contributed by atoms with Gasteiger partial charge in [-0.1, -0.05) is 11.6 Å². The van der Waals surface area contributed by atoms with Gasteiger partial charge in [0.2, 0.25) is 0 Å². The molecule has 2 N–H and O–H groups in total. The molecule has 0 spiro atoms. The third-order valence-electron chi connectivity index (χ3n) is 5.39. The van der Waals surface area contributed by atoms with Gasteiger partial charge < -0.3 is 15.4 Å². The van der Waals surface area contributed by atoms with Gasteiger partial charge in [-0.3, -0.25) is 4.90 Å². The molecule has 7 nitrogen and oxygen atoms in total. The first kappa shape index (κ1) is 19.1. The van der Waals surface area contributed by atoms with Crippen LogP contribution < -0.4 is 10.6 Å². The Morgan fingerprint density at radius 2 is 2.25 bits per heavy atom. The number of ether oxygens (including phenoxy) is 1. The Kier molecular flexibility index (Phi) is 5.50. The number of cyclic esters (lactones) is 1. The van der Waals surface area contributed by atoms with Crippen molar-refractivity contribution in [3.8, 4) is 0 Å². The van der Waals surface area contributed by atoms with E-state index in [2.05, 4.69) is 20.6 Å². The van der Waals surface area contributed by atoms with Crippen molar-refractivity contribution in [2.75, 3.05) is 26.2 Å². The van der Waals surface area contributed by atoms with Gasteiger partial charge in [0.1, 0.15) is 6.10 Å². The summed E-state index contributed by atoms with van der Waals surface area (Å²) in [6, 6.07) is 0. The lowest BCUT2D eigenvalue weighted by Crippen LogP contribution is -2.29. The van der Waals surface area contributed by atoms with Gasteiger partial charge in [-0.05, 0) is 56.3 Å². The first-order valence-corrected chi connectivity index (χ1v) is 9.89. The van der Waals surface area contributed by atoms with Crippen LogP contribution in [0.1, 0.15) is 23.2 Å². The van der Waals surface area contributed by atoms with Crippen molar-refractivity contribution in [1.82, 2.24) is 20.5 Å². The van der Waals surface area contributed by atoms with Crippen LogP contribution in [0.3, 0.4) is 0 Å². The Hall–Kier alpha value is -2.19. The fourth-order valence-electron chi connectivity index (χ4n) is 3.97. The Morgan fingerprint density at radius 1 is 1.43 bits per heavy atom. The van der Waals surface area contributed by atoms with E-state index < -0.39 is 0 Å². The summed E-state index contributed by atoms with van der Waals surface area (Å²) < 4.78 is 19.6. The van der Waals surface area contributed by atoms with E-state index in [0.29, 0.717) is 43.2 Å². The number of hydrogen-bond donors (Lipinski definition) is 2. The minimum Gasteiger partial charge on any atom is -0.444 e. The van der Waals surface area contributed by atoms with Crippen LogP contribution in [0.15, 0.2) is 17.0 Å². The maximum atomic E-state index is 14.2. The molecule has 9 heteroatoms. The summed E-state index contributed by atoms with van der Waals surface area (Å²) in [5.74, 6) is 0.524. The van der Waals surface area contributed by atoms with Gasteiger partial charge in [-0.25, -0.2) is 19.2 Å². The number of nitrogens with zero attached hydrogens (tertiary/aromatic N) is 3. The van der Waals surface area contributed by atoms with E-state index in [0.717, 1.165) is 30.8 Å². The molecule has 28 heavy (non-hydrogen) atoms. The normalized spacial score (nSPS) is 23.5. The molecule has 2 atom stereocenters. The topological polar surface area (TPSA) is 78.9 Å². The smallest absolute Gasteiger partial charge is 0.415 e.